The molecule has 0 aliphatic rings. The van der Waals surface area contributed by atoms with Crippen LogP contribution in [0.5, 0.6) is 17.2 Å². The molecule has 0 heterocycles. The van der Waals surface area contributed by atoms with Crippen molar-refractivity contribution < 1.29 is 30.3 Å². The first-order valence-corrected chi connectivity index (χ1v) is 12.4. The van der Waals surface area contributed by atoms with Crippen molar-refractivity contribution in [1.82, 2.24) is 0 Å². The molecule has 3 rings (SSSR count). The van der Waals surface area contributed by atoms with E-state index in [2.05, 4.69) is 0 Å². The van der Waals surface area contributed by atoms with Crippen LogP contribution in [0, 0.1) is 26.7 Å². The van der Waals surface area contributed by atoms with Gasteiger partial charge in [0.2, 0.25) is 0 Å². The highest BCUT2D eigenvalue weighted by molar-refractivity contribution is 7.99. The van der Waals surface area contributed by atoms with Crippen LogP contribution in [0.25, 0.3) is 0 Å². The molecule has 0 aliphatic carbocycles. The third-order valence-corrected chi connectivity index (χ3v) is 7.37. The molecule has 7 nitrogen and oxygen atoms in total. The van der Waals surface area contributed by atoms with Crippen LogP contribution in [0.3, 0.4) is 0 Å². The lowest BCUT2D eigenvalue weighted by Crippen LogP contribution is -2.57. The molecule has 0 aromatic heterocycles. The normalized spacial score (nSPS) is 14.7. The topological polar surface area (TPSA) is 121 Å². The molecule has 186 valence electrons. The molecule has 2 unspecified atom stereocenters. The van der Waals surface area contributed by atoms with Gasteiger partial charge in [0.25, 0.3) is 0 Å². The van der Waals surface area contributed by atoms with Crippen LogP contribution in [-0.2, 0) is 10.3 Å². The number of benzene rings is 3. The largest absolute Gasteiger partial charge is 0.507 e. The molecule has 0 aliphatic heterocycles. The lowest BCUT2D eigenvalue weighted by Gasteiger charge is -2.47. The third-order valence-electron chi connectivity index (χ3n) is 6.48. The number of aliphatic hydroxyl groups is 1. The molecule has 0 bridgehead atoms. The van der Waals surface area contributed by atoms with E-state index in [1.165, 1.54) is 6.07 Å². The Balaban J connectivity index is 2.54. The molecule has 5 N–H and O–H groups in total. The Bertz CT molecular complexity index is 1130. The fourth-order valence-electron chi connectivity index (χ4n) is 4.60. The van der Waals surface area contributed by atoms with Gasteiger partial charge in [-0.15, -0.1) is 11.8 Å². The van der Waals surface area contributed by atoms with Gasteiger partial charge in [-0.25, -0.2) is 4.79 Å². The average Bonchev–Trinajstić information content (AvgIpc) is 2.83. The summed E-state index contributed by atoms with van der Waals surface area (Å²) < 4.78 is 0. The predicted octanol–water partition coefficient (Wildman–Crippen LogP) is 5.16. The first kappa shape index (κ1) is 26.2. The number of aryl methyl sites for hydroxylation is 3. The van der Waals surface area contributed by atoms with Crippen LogP contribution in [0.2, 0.25) is 0 Å². The van der Waals surface area contributed by atoms with Crippen molar-refractivity contribution in [2.75, 3.05) is 11.2 Å². The number of nitrogens with zero attached hydrogens (tertiary/aromatic N) is 1. The molecular weight excluding hydrogens is 466 g/mol. The number of rotatable bonds is 8. The third kappa shape index (κ3) is 4.51. The standard InChI is InChI=1S/C27H31NO6S/c1-15-11-20(12-16(2)23(15)30)28(21-13-17(3)24(31)22(29)14-21)27(26(33)34,18(4)25(32)35-5)19-9-7-6-8-10-19/h6-14,18,25,29-32H,1-5H3,(H,33,34)/t18?,25?,27-/m1/s1. The summed E-state index contributed by atoms with van der Waals surface area (Å²) >= 11 is 1.13. The van der Waals surface area contributed by atoms with Crippen LogP contribution in [0.1, 0.15) is 29.2 Å². The van der Waals surface area contributed by atoms with E-state index in [0.29, 0.717) is 33.6 Å². The highest BCUT2D eigenvalue weighted by Crippen LogP contribution is 2.49. The van der Waals surface area contributed by atoms with E-state index in [1.54, 1.807) is 87.4 Å². The Morgan fingerprint density at radius 1 is 0.886 bits per heavy atom. The molecule has 0 radical (unpaired) electrons. The minimum absolute atomic E-state index is 0.0938. The molecule has 3 aromatic rings. The minimum atomic E-state index is -1.84. The Morgan fingerprint density at radius 2 is 1.37 bits per heavy atom. The average molecular weight is 498 g/mol. The Kier molecular flexibility index (Phi) is 7.57. The van der Waals surface area contributed by atoms with Gasteiger partial charge in [0, 0.05) is 23.4 Å². The number of carboxylic acids is 1. The Hall–Kier alpha value is -3.36. The first-order valence-electron chi connectivity index (χ1n) is 11.1. The summed E-state index contributed by atoms with van der Waals surface area (Å²) in [4.78, 5) is 15.0. The second-order valence-corrected chi connectivity index (χ2v) is 9.70. The maximum Gasteiger partial charge on any atom is 0.335 e. The molecule has 0 saturated carbocycles. The van der Waals surface area contributed by atoms with E-state index < -0.39 is 28.6 Å². The van der Waals surface area contributed by atoms with Gasteiger partial charge in [-0.1, -0.05) is 37.3 Å². The van der Waals surface area contributed by atoms with Crippen molar-refractivity contribution in [2.24, 2.45) is 5.92 Å². The molecule has 0 saturated heterocycles. The molecule has 0 fully saturated rings. The van der Waals surface area contributed by atoms with E-state index in [4.69, 9.17) is 0 Å². The maximum atomic E-state index is 13.4. The van der Waals surface area contributed by atoms with Crippen molar-refractivity contribution in [3.63, 3.8) is 0 Å². The van der Waals surface area contributed by atoms with Gasteiger partial charge in [0.1, 0.15) is 11.2 Å². The second-order valence-electron chi connectivity index (χ2n) is 8.75. The number of aromatic hydroxyl groups is 3. The predicted molar refractivity (Wildman–Crippen MR) is 139 cm³/mol. The second kappa shape index (κ2) is 10.1. The summed E-state index contributed by atoms with van der Waals surface area (Å²) in [6.07, 6.45) is 1.70. The molecule has 8 heteroatoms. The van der Waals surface area contributed by atoms with Crippen LogP contribution in [0.4, 0.5) is 11.4 Å². The number of carboxylic acid groups (broad SMARTS) is 1. The number of hydrogen-bond acceptors (Lipinski definition) is 7. The highest BCUT2D eigenvalue weighted by atomic mass is 32.2. The summed E-state index contributed by atoms with van der Waals surface area (Å²) in [6.45, 7) is 6.71. The van der Waals surface area contributed by atoms with Gasteiger partial charge in [0.05, 0.1) is 0 Å². The van der Waals surface area contributed by atoms with Gasteiger partial charge in [-0.05, 0) is 67.5 Å². The number of phenols is 3. The Morgan fingerprint density at radius 3 is 1.83 bits per heavy atom. The monoisotopic (exact) mass is 497 g/mol. The number of thioether (sulfide) groups is 1. The lowest BCUT2D eigenvalue weighted by molar-refractivity contribution is -0.146. The number of carbonyl (C=O) groups is 1. The number of aliphatic hydroxyl groups excluding tert-OH is 1. The van der Waals surface area contributed by atoms with Crippen molar-refractivity contribution in [1.29, 1.82) is 0 Å². The zero-order valence-electron chi connectivity index (χ0n) is 20.4. The summed E-state index contributed by atoms with van der Waals surface area (Å²) in [5.41, 5.74) is -0.313. The molecule has 3 aromatic carbocycles. The summed E-state index contributed by atoms with van der Waals surface area (Å²) in [6, 6.07) is 14.9. The van der Waals surface area contributed by atoms with Gasteiger partial charge in [-0.3, -0.25) is 0 Å². The quantitative estimate of drug-likeness (QED) is 0.214. The van der Waals surface area contributed by atoms with E-state index in [9.17, 15) is 30.3 Å². The molecule has 35 heavy (non-hydrogen) atoms. The zero-order chi connectivity index (χ0) is 26.1. The number of phenolic OH excluding ortho intramolecular Hbond substituents is 3. The number of anilines is 2. The van der Waals surface area contributed by atoms with Gasteiger partial charge >= 0.3 is 5.97 Å². The van der Waals surface area contributed by atoms with Crippen LogP contribution >= 0.6 is 11.8 Å². The highest BCUT2D eigenvalue weighted by Gasteiger charge is 2.54. The van der Waals surface area contributed by atoms with Crippen molar-refractivity contribution in [3.8, 4) is 17.2 Å². The van der Waals surface area contributed by atoms with Crippen LogP contribution in [-0.4, -0.2) is 43.2 Å². The molecule has 0 spiro atoms. The maximum absolute atomic E-state index is 13.4. The van der Waals surface area contributed by atoms with E-state index in [1.807, 2.05) is 0 Å². The van der Waals surface area contributed by atoms with E-state index in [0.717, 1.165) is 11.8 Å². The lowest BCUT2D eigenvalue weighted by atomic mass is 9.76. The van der Waals surface area contributed by atoms with Crippen molar-refractivity contribution in [3.05, 3.63) is 76.9 Å². The van der Waals surface area contributed by atoms with Crippen molar-refractivity contribution >= 4 is 29.1 Å². The van der Waals surface area contributed by atoms with Gasteiger partial charge in [-0.2, -0.15) is 0 Å². The van der Waals surface area contributed by atoms with Gasteiger partial charge < -0.3 is 30.4 Å². The summed E-state index contributed by atoms with van der Waals surface area (Å²) in [5, 5.41) is 53.0. The zero-order valence-corrected chi connectivity index (χ0v) is 21.2. The van der Waals surface area contributed by atoms with Gasteiger partial charge in [0.15, 0.2) is 17.0 Å². The first-order chi connectivity index (χ1) is 16.5. The fraction of sp³-hybridized carbons (Fsp3) is 0.296. The molecule has 3 atom stereocenters. The van der Waals surface area contributed by atoms with Crippen LogP contribution in [0.15, 0.2) is 54.6 Å². The SMILES string of the molecule is CSC(O)C(C)[C@](C(=O)O)(c1ccccc1)N(c1cc(C)c(O)c(C)c1)c1cc(C)c(O)c(O)c1. The molecule has 0 amide bonds. The Labute approximate surface area is 209 Å². The minimum Gasteiger partial charge on any atom is -0.507 e. The number of aliphatic carboxylic acids is 1. The van der Waals surface area contributed by atoms with E-state index in [-0.39, 0.29) is 11.5 Å². The van der Waals surface area contributed by atoms with Crippen LogP contribution < -0.4 is 4.90 Å². The van der Waals surface area contributed by atoms with E-state index >= 15 is 0 Å². The number of hydrogen-bond donors (Lipinski definition) is 5. The van der Waals surface area contributed by atoms with Crippen molar-refractivity contribution in [2.45, 2.75) is 38.7 Å². The summed E-state index contributed by atoms with van der Waals surface area (Å²) in [7, 11) is 0. The smallest absolute Gasteiger partial charge is 0.335 e. The molecular formula is C27H31NO6S. The summed E-state index contributed by atoms with van der Waals surface area (Å²) in [5.74, 6) is -2.68. The fourth-order valence-corrected chi connectivity index (χ4v) is 5.21.